The molecule has 0 saturated heterocycles. The fraction of sp³-hybridized carbons (Fsp3) is 0.0909. The quantitative estimate of drug-likeness (QED) is 0.595. The first-order valence-electron chi connectivity index (χ1n) is 8.64. The van der Waals surface area contributed by atoms with Crippen molar-refractivity contribution in [2.24, 2.45) is 0 Å². The number of fused-ring (bicyclic) bond motifs is 1. The van der Waals surface area contributed by atoms with Crippen LogP contribution in [0.5, 0.6) is 0 Å². The van der Waals surface area contributed by atoms with Gasteiger partial charge in [-0.2, -0.15) is 5.10 Å². The van der Waals surface area contributed by atoms with Crippen LogP contribution in [-0.4, -0.2) is 15.5 Å². The normalized spacial score (nSPS) is 12.0. The zero-order valence-electron chi connectivity index (χ0n) is 14.2. The van der Waals surface area contributed by atoms with Crippen molar-refractivity contribution in [2.45, 2.75) is 12.5 Å². The van der Waals surface area contributed by atoms with Gasteiger partial charge in [0.1, 0.15) is 5.69 Å². The van der Waals surface area contributed by atoms with Gasteiger partial charge in [-0.05, 0) is 41.8 Å². The van der Waals surface area contributed by atoms with E-state index in [9.17, 15) is 4.79 Å². The van der Waals surface area contributed by atoms with E-state index in [4.69, 9.17) is 0 Å². The van der Waals surface area contributed by atoms with Crippen LogP contribution in [0.4, 0.5) is 0 Å². The van der Waals surface area contributed by atoms with Gasteiger partial charge in [0.15, 0.2) is 0 Å². The van der Waals surface area contributed by atoms with Crippen molar-refractivity contribution in [3.63, 3.8) is 0 Å². The highest BCUT2D eigenvalue weighted by atomic mass is 16.2. The average Bonchev–Trinajstić information content (AvgIpc) is 3.13. The van der Waals surface area contributed by atoms with Crippen molar-refractivity contribution in [1.82, 2.24) is 14.9 Å². The number of nitrogens with zero attached hydrogens (tertiary/aromatic N) is 2. The summed E-state index contributed by atoms with van der Waals surface area (Å²) in [4.78, 5) is 12.9. The average molecular weight is 341 g/mol. The molecular formula is C22H19N3O. The maximum atomic E-state index is 12.9. The number of benzene rings is 2. The van der Waals surface area contributed by atoms with Gasteiger partial charge in [-0.15, -0.1) is 0 Å². The molecule has 2 aromatic carbocycles. The van der Waals surface area contributed by atoms with Gasteiger partial charge in [0, 0.05) is 6.20 Å². The minimum Gasteiger partial charge on any atom is -0.344 e. The highest BCUT2D eigenvalue weighted by Crippen LogP contribution is 2.19. The first-order valence-corrected chi connectivity index (χ1v) is 8.64. The summed E-state index contributed by atoms with van der Waals surface area (Å²) >= 11 is 0. The summed E-state index contributed by atoms with van der Waals surface area (Å²) in [5, 5.41) is 7.46. The molecule has 4 nitrogen and oxygen atoms in total. The van der Waals surface area contributed by atoms with E-state index in [1.807, 2.05) is 72.8 Å². The maximum Gasteiger partial charge on any atom is 0.270 e. The lowest BCUT2D eigenvalue weighted by atomic mass is 9.98. The Morgan fingerprint density at radius 3 is 2.38 bits per heavy atom. The molecule has 0 aliphatic rings. The molecule has 2 heterocycles. The molecule has 1 amide bonds. The summed E-state index contributed by atoms with van der Waals surface area (Å²) in [5.41, 5.74) is 3.70. The van der Waals surface area contributed by atoms with Crippen LogP contribution in [0.1, 0.15) is 27.7 Å². The van der Waals surface area contributed by atoms with Crippen molar-refractivity contribution < 1.29 is 4.79 Å². The van der Waals surface area contributed by atoms with E-state index in [2.05, 4.69) is 22.5 Å². The van der Waals surface area contributed by atoms with Gasteiger partial charge in [-0.3, -0.25) is 4.79 Å². The first kappa shape index (κ1) is 16.1. The number of nitrogens with one attached hydrogen (secondary N) is 1. The lowest BCUT2D eigenvalue weighted by molar-refractivity contribution is 0.0929. The Hall–Kier alpha value is -3.40. The van der Waals surface area contributed by atoms with Crippen LogP contribution >= 0.6 is 0 Å². The molecule has 0 bridgehead atoms. The van der Waals surface area contributed by atoms with E-state index >= 15 is 0 Å². The number of carbonyl (C=O) groups excluding carboxylic acids is 1. The second kappa shape index (κ2) is 7.23. The monoisotopic (exact) mass is 341 g/mol. The summed E-state index contributed by atoms with van der Waals surface area (Å²) < 4.78 is 1.67. The number of hydrogen-bond donors (Lipinski definition) is 1. The van der Waals surface area contributed by atoms with E-state index in [0.29, 0.717) is 5.69 Å². The third-order valence-corrected chi connectivity index (χ3v) is 4.44. The molecule has 0 aliphatic heterocycles. The molecule has 0 spiro atoms. The van der Waals surface area contributed by atoms with E-state index in [1.54, 1.807) is 10.7 Å². The van der Waals surface area contributed by atoms with Crippen molar-refractivity contribution in [3.05, 3.63) is 108 Å². The third-order valence-electron chi connectivity index (χ3n) is 4.44. The van der Waals surface area contributed by atoms with Crippen molar-refractivity contribution >= 4 is 11.4 Å². The van der Waals surface area contributed by atoms with Crippen LogP contribution in [0.25, 0.3) is 5.52 Å². The van der Waals surface area contributed by atoms with E-state index < -0.39 is 0 Å². The summed E-state index contributed by atoms with van der Waals surface area (Å²) in [6.07, 6.45) is 2.41. The molecule has 26 heavy (non-hydrogen) atoms. The van der Waals surface area contributed by atoms with Crippen LogP contribution in [0, 0.1) is 0 Å². The lowest BCUT2D eigenvalue weighted by Crippen LogP contribution is -2.31. The van der Waals surface area contributed by atoms with E-state index in [-0.39, 0.29) is 11.9 Å². The second-order valence-electron chi connectivity index (χ2n) is 6.21. The molecule has 0 saturated carbocycles. The van der Waals surface area contributed by atoms with Gasteiger partial charge < -0.3 is 5.32 Å². The molecule has 128 valence electrons. The molecule has 2 aromatic heterocycles. The zero-order valence-corrected chi connectivity index (χ0v) is 14.2. The lowest BCUT2D eigenvalue weighted by Gasteiger charge is -2.19. The predicted molar refractivity (Wildman–Crippen MR) is 102 cm³/mol. The van der Waals surface area contributed by atoms with Crippen molar-refractivity contribution in [1.29, 1.82) is 0 Å². The van der Waals surface area contributed by atoms with Crippen LogP contribution in [-0.2, 0) is 6.42 Å². The molecule has 1 atom stereocenters. The Balaban J connectivity index is 1.63. The second-order valence-corrected chi connectivity index (χ2v) is 6.21. The van der Waals surface area contributed by atoms with E-state index in [1.165, 1.54) is 5.56 Å². The van der Waals surface area contributed by atoms with Crippen LogP contribution in [0.15, 0.2) is 91.1 Å². The Morgan fingerprint density at radius 1 is 0.885 bits per heavy atom. The zero-order chi connectivity index (χ0) is 17.8. The SMILES string of the molecule is O=C(NC(Cc1ccccc1)c1ccccc1)c1ccc2cccnn12. The molecule has 1 unspecified atom stereocenters. The van der Waals surface area contributed by atoms with Gasteiger partial charge in [-0.1, -0.05) is 60.7 Å². The molecular weight excluding hydrogens is 322 g/mol. The number of amides is 1. The van der Waals surface area contributed by atoms with Gasteiger partial charge in [0.2, 0.25) is 0 Å². The minimum absolute atomic E-state index is 0.111. The summed E-state index contributed by atoms with van der Waals surface area (Å²) in [6.45, 7) is 0. The van der Waals surface area contributed by atoms with Crippen molar-refractivity contribution in [2.75, 3.05) is 0 Å². The molecule has 4 rings (SSSR count). The van der Waals surface area contributed by atoms with Crippen molar-refractivity contribution in [3.8, 4) is 0 Å². The molecule has 0 fully saturated rings. The van der Waals surface area contributed by atoms with Gasteiger partial charge in [0.05, 0.1) is 11.6 Å². The molecule has 1 N–H and O–H groups in total. The number of aromatic nitrogens is 2. The summed E-state index contributed by atoms with van der Waals surface area (Å²) in [5.74, 6) is -0.131. The largest absolute Gasteiger partial charge is 0.344 e. The van der Waals surface area contributed by atoms with Gasteiger partial charge in [-0.25, -0.2) is 4.52 Å². The Kier molecular flexibility index (Phi) is 4.48. The number of rotatable bonds is 5. The molecule has 0 aliphatic carbocycles. The van der Waals surface area contributed by atoms with Gasteiger partial charge >= 0.3 is 0 Å². The summed E-state index contributed by atoms with van der Waals surface area (Å²) in [7, 11) is 0. The topological polar surface area (TPSA) is 46.4 Å². The number of carbonyl (C=O) groups is 1. The third kappa shape index (κ3) is 3.35. The molecule has 4 heteroatoms. The number of hydrogen-bond acceptors (Lipinski definition) is 2. The fourth-order valence-corrected chi connectivity index (χ4v) is 3.14. The predicted octanol–water partition coefficient (Wildman–Crippen LogP) is 4.05. The maximum absolute atomic E-state index is 12.9. The molecule has 0 radical (unpaired) electrons. The first-order chi connectivity index (χ1) is 12.8. The fourth-order valence-electron chi connectivity index (χ4n) is 3.14. The Morgan fingerprint density at radius 2 is 1.62 bits per heavy atom. The van der Waals surface area contributed by atoms with Gasteiger partial charge in [0.25, 0.3) is 5.91 Å². The smallest absolute Gasteiger partial charge is 0.270 e. The minimum atomic E-state index is -0.131. The highest BCUT2D eigenvalue weighted by Gasteiger charge is 2.18. The summed E-state index contributed by atoms with van der Waals surface area (Å²) in [6, 6.07) is 27.6. The highest BCUT2D eigenvalue weighted by molar-refractivity contribution is 5.94. The van der Waals surface area contributed by atoms with Crippen LogP contribution in [0.3, 0.4) is 0 Å². The standard InChI is InChI=1S/C22H19N3O/c26-22(21-14-13-19-12-7-15-23-25(19)21)24-20(18-10-5-2-6-11-18)16-17-8-3-1-4-9-17/h1-15,20H,16H2,(H,24,26). The Bertz CT molecular complexity index is 1010. The Labute approximate surface area is 152 Å². The van der Waals surface area contributed by atoms with Crippen LogP contribution < -0.4 is 5.32 Å². The molecule has 4 aromatic rings. The van der Waals surface area contributed by atoms with E-state index in [0.717, 1.165) is 17.5 Å². The van der Waals surface area contributed by atoms with Crippen LogP contribution in [0.2, 0.25) is 0 Å².